The normalized spacial score (nSPS) is 10.9. The number of aromatic nitrogens is 1. The van der Waals surface area contributed by atoms with Gasteiger partial charge in [-0.3, -0.25) is 0 Å². The van der Waals surface area contributed by atoms with Gasteiger partial charge in [-0.15, -0.1) is 0 Å². The Hall–Kier alpha value is -3.27. The summed E-state index contributed by atoms with van der Waals surface area (Å²) in [5.41, 5.74) is 2.71. The smallest absolute Gasteiger partial charge is 0.335 e. The van der Waals surface area contributed by atoms with Crippen molar-refractivity contribution >= 4 is 18.1 Å². The largest absolute Gasteiger partial charge is 0.478 e. The highest BCUT2D eigenvalue weighted by Gasteiger charge is 2.09. The summed E-state index contributed by atoms with van der Waals surface area (Å²) in [5.74, 6) is -1.20. The number of aromatic carboxylic acids is 1. The molecule has 3 rings (SSSR count). The molecule has 2 aromatic carbocycles. The van der Waals surface area contributed by atoms with Crippen LogP contribution in [0.1, 0.15) is 27.2 Å². The monoisotopic (exact) mass is 334 g/mol. The summed E-state index contributed by atoms with van der Waals surface area (Å²) < 4.78 is 15.8. The molecule has 0 fully saturated rings. The minimum absolute atomic E-state index is 0.259. The molecular formula is C21H17FNO2+. The van der Waals surface area contributed by atoms with Gasteiger partial charge in [-0.1, -0.05) is 30.3 Å². The van der Waals surface area contributed by atoms with Gasteiger partial charge in [0.05, 0.1) is 5.56 Å². The lowest BCUT2D eigenvalue weighted by atomic mass is 10.1. The zero-order valence-electron chi connectivity index (χ0n) is 13.5. The number of carboxylic acid groups (broad SMARTS) is 1. The summed E-state index contributed by atoms with van der Waals surface area (Å²) in [6, 6.07) is 19.2. The maximum Gasteiger partial charge on any atom is 0.335 e. The number of carboxylic acids is 1. The van der Waals surface area contributed by atoms with Crippen LogP contribution in [-0.4, -0.2) is 11.1 Å². The van der Waals surface area contributed by atoms with Crippen LogP contribution in [0.4, 0.5) is 4.39 Å². The molecule has 0 bridgehead atoms. The quantitative estimate of drug-likeness (QED) is 0.716. The van der Waals surface area contributed by atoms with E-state index in [-0.39, 0.29) is 11.4 Å². The second-order valence-electron chi connectivity index (χ2n) is 5.61. The Labute approximate surface area is 145 Å². The standard InChI is InChI=1S/C21H16FNO2/c22-20-7-2-1-5-17(20)12-13-19-6-3-4-14-23(19)15-16-8-10-18(11-9-16)21(24)25/h1-14H,15H2/p+1/b13-12+. The first-order chi connectivity index (χ1) is 12.1. The molecule has 1 heterocycles. The number of nitrogens with zero attached hydrogens (tertiary/aromatic N) is 1. The average Bonchev–Trinajstić information content (AvgIpc) is 2.62. The molecule has 4 heteroatoms. The van der Waals surface area contributed by atoms with Crippen molar-refractivity contribution in [3.05, 3.63) is 101 Å². The van der Waals surface area contributed by atoms with E-state index >= 15 is 0 Å². The predicted molar refractivity (Wildman–Crippen MR) is 94.5 cm³/mol. The number of carbonyl (C=O) groups is 1. The first-order valence-corrected chi connectivity index (χ1v) is 7.87. The second kappa shape index (κ2) is 7.53. The van der Waals surface area contributed by atoms with Crippen LogP contribution >= 0.6 is 0 Å². The van der Waals surface area contributed by atoms with Gasteiger partial charge in [-0.05, 0) is 30.3 Å². The lowest BCUT2D eigenvalue weighted by Gasteiger charge is -2.02. The van der Waals surface area contributed by atoms with Crippen molar-refractivity contribution in [2.24, 2.45) is 0 Å². The fourth-order valence-corrected chi connectivity index (χ4v) is 2.52. The number of pyridine rings is 1. The van der Waals surface area contributed by atoms with Crippen LogP contribution in [0.15, 0.2) is 72.9 Å². The van der Waals surface area contributed by atoms with Crippen molar-refractivity contribution in [2.45, 2.75) is 6.54 Å². The van der Waals surface area contributed by atoms with Crippen molar-refractivity contribution in [1.29, 1.82) is 0 Å². The van der Waals surface area contributed by atoms with Gasteiger partial charge < -0.3 is 5.11 Å². The van der Waals surface area contributed by atoms with Gasteiger partial charge in [0.15, 0.2) is 12.7 Å². The van der Waals surface area contributed by atoms with E-state index in [1.165, 1.54) is 6.07 Å². The van der Waals surface area contributed by atoms with Crippen molar-refractivity contribution in [3.8, 4) is 0 Å². The van der Waals surface area contributed by atoms with Gasteiger partial charge in [0.2, 0.25) is 5.69 Å². The zero-order chi connectivity index (χ0) is 17.6. The number of halogens is 1. The van der Waals surface area contributed by atoms with Crippen molar-refractivity contribution in [3.63, 3.8) is 0 Å². The maximum absolute atomic E-state index is 13.7. The van der Waals surface area contributed by atoms with Crippen LogP contribution in [0.3, 0.4) is 0 Å². The van der Waals surface area contributed by atoms with Crippen LogP contribution in [0, 0.1) is 5.82 Å². The molecule has 0 amide bonds. The first-order valence-electron chi connectivity index (χ1n) is 7.87. The minimum atomic E-state index is -0.938. The van der Waals surface area contributed by atoms with Gasteiger partial charge in [0.25, 0.3) is 0 Å². The van der Waals surface area contributed by atoms with Crippen molar-refractivity contribution in [1.82, 2.24) is 0 Å². The summed E-state index contributed by atoms with van der Waals surface area (Å²) >= 11 is 0. The first kappa shape index (κ1) is 16.6. The van der Waals surface area contributed by atoms with E-state index in [1.807, 2.05) is 35.0 Å². The summed E-state index contributed by atoms with van der Waals surface area (Å²) in [7, 11) is 0. The number of hydrogen-bond donors (Lipinski definition) is 1. The molecule has 1 N–H and O–H groups in total. The maximum atomic E-state index is 13.7. The number of hydrogen-bond acceptors (Lipinski definition) is 1. The second-order valence-corrected chi connectivity index (χ2v) is 5.61. The molecule has 0 saturated heterocycles. The van der Waals surface area contributed by atoms with Gasteiger partial charge in [0, 0.05) is 29.3 Å². The van der Waals surface area contributed by atoms with E-state index in [4.69, 9.17) is 5.11 Å². The zero-order valence-corrected chi connectivity index (χ0v) is 13.5. The van der Waals surface area contributed by atoms with Crippen LogP contribution < -0.4 is 4.57 Å². The topological polar surface area (TPSA) is 41.2 Å². The van der Waals surface area contributed by atoms with Gasteiger partial charge >= 0.3 is 5.97 Å². The molecule has 0 saturated carbocycles. The Morgan fingerprint density at radius 3 is 2.40 bits per heavy atom. The van der Waals surface area contributed by atoms with E-state index in [9.17, 15) is 9.18 Å². The Kier molecular flexibility index (Phi) is 5.00. The number of benzene rings is 2. The summed E-state index contributed by atoms with van der Waals surface area (Å²) in [6.07, 6.45) is 5.55. The van der Waals surface area contributed by atoms with Crippen molar-refractivity contribution < 1.29 is 18.9 Å². The number of rotatable bonds is 5. The van der Waals surface area contributed by atoms with E-state index in [1.54, 1.807) is 48.5 Å². The van der Waals surface area contributed by atoms with Crippen LogP contribution in [0.2, 0.25) is 0 Å². The van der Waals surface area contributed by atoms with Crippen molar-refractivity contribution in [2.75, 3.05) is 0 Å². The molecule has 0 spiro atoms. The highest BCUT2D eigenvalue weighted by molar-refractivity contribution is 5.87. The lowest BCUT2D eigenvalue weighted by molar-refractivity contribution is -0.690. The minimum Gasteiger partial charge on any atom is -0.478 e. The predicted octanol–water partition coefficient (Wildman–Crippen LogP) is 4.03. The highest BCUT2D eigenvalue weighted by Crippen LogP contribution is 2.11. The SMILES string of the molecule is O=C(O)c1ccc(C[n+]2ccccc2/C=C/c2ccccc2F)cc1. The molecule has 25 heavy (non-hydrogen) atoms. The molecule has 0 aliphatic heterocycles. The molecule has 124 valence electrons. The molecule has 1 aromatic heterocycles. The van der Waals surface area contributed by atoms with E-state index in [2.05, 4.69) is 0 Å². The third-order valence-electron chi connectivity index (χ3n) is 3.87. The third-order valence-corrected chi connectivity index (χ3v) is 3.87. The molecule has 0 aliphatic rings. The Bertz CT molecular complexity index is 917. The fraction of sp³-hybridized carbons (Fsp3) is 0.0476. The van der Waals surface area contributed by atoms with E-state index in [0.29, 0.717) is 12.1 Å². The van der Waals surface area contributed by atoms with E-state index in [0.717, 1.165) is 11.3 Å². The molecule has 0 atom stereocenters. The van der Waals surface area contributed by atoms with Gasteiger partial charge in [-0.25, -0.2) is 9.18 Å². The Morgan fingerprint density at radius 1 is 0.960 bits per heavy atom. The van der Waals surface area contributed by atoms with Gasteiger partial charge in [0.1, 0.15) is 5.82 Å². The Balaban J connectivity index is 1.83. The highest BCUT2D eigenvalue weighted by atomic mass is 19.1. The molecule has 3 nitrogen and oxygen atoms in total. The third kappa shape index (κ3) is 4.18. The van der Waals surface area contributed by atoms with E-state index < -0.39 is 5.97 Å². The van der Waals surface area contributed by atoms with Crippen LogP contribution in [-0.2, 0) is 6.54 Å². The molecular weight excluding hydrogens is 317 g/mol. The van der Waals surface area contributed by atoms with Gasteiger partial charge in [-0.2, -0.15) is 4.57 Å². The van der Waals surface area contributed by atoms with Crippen LogP contribution in [0.25, 0.3) is 12.2 Å². The van der Waals surface area contributed by atoms with Crippen LogP contribution in [0.5, 0.6) is 0 Å². The summed E-state index contributed by atoms with van der Waals surface area (Å²) in [5, 5.41) is 8.97. The Morgan fingerprint density at radius 2 is 1.68 bits per heavy atom. The lowest BCUT2D eigenvalue weighted by Crippen LogP contribution is -2.36. The molecule has 0 radical (unpaired) electrons. The molecule has 0 aliphatic carbocycles. The summed E-state index contributed by atoms with van der Waals surface area (Å²) in [4.78, 5) is 10.9. The molecule has 0 unspecified atom stereocenters. The summed E-state index contributed by atoms with van der Waals surface area (Å²) in [6.45, 7) is 0.595. The fourth-order valence-electron chi connectivity index (χ4n) is 2.52. The average molecular weight is 334 g/mol. The molecule has 3 aromatic rings.